The minimum absolute atomic E-state index is 0.566. The first-order valence-corrected chi connectivity index (χ1v) is 7.62. The van der Waals surface area contributed by atoms with Gasteiger partial charge in [-0.05, 0) is 45.1 Å². The Labute approximate surface area is 119 Å². The second-order valence-corrected chi connectivity index (χ2v) is 5.83. The Hall–Kier alpha value is -1.02. The van der Waals surface area contributed by atoms with Crippen LogP contribution in [0.4, 0.5) is 5.69 Å². The quantitative estimate of drug-likeness (QED) is 0.658. The summed E-state index contributed by atoms with van der Waals surface area (Å²) >= 11 is 0. The second-order valence-electron chi connectivity index (χ2n) is 5.83. The molecule has 1 rings (SSSR count). The lowest BCUT2D eigenvalue weighted by Gasteiger charge is -2.16. The number of nitrogens with one attached hydrogen (secondary N) is 1. The number of benzene rings is 1. The molecule has 1 aromatic carbocycles. The van der Waals surface area contributed by atoms with Crippen LogP contribution in [-0.4, -0.2) is 25.0 Å². The maximum Gasteiger partial charge on any atom is 0.0342 e. The van der Waals surface area contributed by atoms with Crippen molar-refractivity contribution in [3.8, 4) is 0 Å². The highest BCUT2D eigenvalue weighted by Crippen LogP contribution is 2.14. The molecule has 0 radical (unpaired) electrons. The van der Waals surface area contributed by atoms with E-state index in [9.17, 15) is 0 Å². The Morgan fingerprint density at radius 2 is 1.74 bits per heavy atom. The summed E-state index contributed by atoms with van der Waals surface area (Å²) in [5, 5.41) is 3.59. The van der Waals surface area contributed by atoms with Crippen molar-refractivity contribution in [1.82, 2.24) is 4.90 Å². The molecule has 0 spiro atoms. The molecule has 0 aromatic heterocycles. The van der Waals surface area contributed by atoms with E-state index in [0.717, 1.165) is 6.54 Å². The number of nitrogens with zero attached hydrogens (tertiary/aromatic N) is 1. The van der Waals surface area contributed by atoms with E-state index in [2.05, 4.69) is 62.4 Å². The number of hydrogen-bond acceptors (Lipinski definition) is 2. The summed E-state index contributed by atoms with van der Waals surface area (Å²) in [7, 11) is 4.20. The number of unbranched alkanes of at least 4 members (excludes halogenated alkanes) is 3. The minimum atomic E-state index is 0.566. The van der Waals surface area contributed by atoms with E-state index >= 15 is 0 Å². The van der Waals surface area contributed by atoms with Crippen LogP contribution in [0.25, 0.3) is 0 Å². The lowest BCUT2D eigenvalue weighted by molar-refractivity contribution is 0.402. The smallest absolute Gasteiger partial charge is 0.0342 e. The molecule has 1 atom stereocenters. The van der Waals surface area contributed by atoms with Crippen LogP contribution in [-0.2, 0) is 6.54 Å². The third kappa shape index (κ3) is 7.22. The van der Waals surface area contributed by atoms with Crippen LogP contribution in [0.5, 0.6) is 0 Å². The maximum atomic E-state index is 3.59. The summed E-state index contributed by atoms with van der Waals surface area (Å²) in [6.07, 6.45) is 6.64. The van der Waals surface area contributed by atoms with Gasteiger partial charge < -0.3 is 10.2 Å². The topological polar surface area (TPSA) is 15.3 Å². The molecule has 2 nitrogen and oxygen atoms in total. The van der Waals surface area contributed by atoms with Crippen LogP contribution < -0.4 is 5.32 Å². The molecule has 0 fully saturated rings. The number of hydrogen-bond donors (Lipinski definition) is 1. The molecule has 0 bridgehead atoms. The van der Waals surface area contributed by atoms with Gasteiger partial charge in [-0.3, -0.25) is 0 Å². The van der Waals surface area contributed by atoms with E-state index in [1.165, 1.54) is 43.4 Å². The van der Waals surface area contributed by atoms with E-state index in [1.807, 2.05) is 0 Å². The van der Waals surface area contributed by atoms with Crippen molar-refractivity contribution < 1.29 is 0 Å². The lowest BCUT2D eigenvalue weighted by atomic mass is 10.1. The van der Waals surface area contributed by atoms with Gasteiger partial charge in [-0.15, -0.1) is 0 Å². The van der Waals surface area contributed by atoms with E-state index in [1.54, 1.807) is 0 Å². The SMILES string of the molecule is CCCCCCC(C)Nc1ccc(CN(C)C)cc1. The summed E-state index contributed by atoms with van der Waals surface area (Å²) in [5.74, 6) is 0. The van der Waals surface area contributed by atoms with Gasteiger partial charge in [-0.25, -0.2) is 0 Å². The Morgan fingerprint density at radius 3 is 2.32 bits per heavy atom. The molecule has 2 heteroatoms. The molecule has 108 valence electrons. The van der Waals surface area contributed by atoms with Crippen LogP contribution in [0.15, 0.2) is 24.3 Å². The fourth-order valence-electron chi connectivity index (χ4n) is 2.31. The zero-order valence-corrected chi connectivity index (χ0v) is 13.1. The number of rotatable bonds is 9. The Balaban J connectivity index is 2.31. The Morgan fingerprint density at radius 1 is 1.05 bits per heavy atom. The fourth-order valence-corrected chi connectivity index (χ4v) is 2.31. The first kappa shape index (κ1) is 16.0. The van der Waals surface area contributed by atoms with Gasteiger partial charge in [0.2, 0.25) is 0 Å². The summed E-state index contributed by atoms with van der Waals surface area (Å²) in [5.41, 5.74) is 2.61. The highest BCUT2D eigenvalue weighted by atomic mass is 15.0. The average Bonchev–Trinajstić information content (AvgIpc) is 2.36. The number of anilines is 1. The standard InChI is InChI=1S/C17H30N2/c1-5-6-7-8-9-15(2)18-17-12-10-16(11-13-17)14-19(3)4/h10-13,15,18H,5-9,14H2,1-4H3. The highest BCUT2D eigenvalue weighted by molar-refractivity contribution is 5.45. The third-order valence-electron chi connectivity index (χ3n) is 3.36. The average molecular weight is 262 g/mol. The molecular weight excluding hydrogens is 232 g/mol. The van der Waals surface area contributed by atoms with Gasteiger partial charge in [0.1, 0.15) is 0 Å². The van der Waals surface area contributed by atoms with Gasteiger partial charge in [0.05, 0.1) is 0 Å². The van der Waals surface area contributed by atoms with Crippen molar-refractivity contribution in [1.29, 1.82) is 0 Å². The van der Waals surface area contributed by atoms with Gasteiger partial charge in [0.15, 0.2) is 0 Å². The molecule has 1 unspecified atom stereocenters. The van der Waals surface area contributed by atoms with Crippen molar-refractivity contribution in [2.75, 3.05) is 19.4 Å². The predicted octanol–water partition coefficient (Wildman–Crippen LogP) is 4.52. The molecule has 0 aliphatic rings. The molecule has 0 heterocycles. The van der Waals surface area contributed by atoms with E-state index in [4.69, 9.17) is 0 Å². The largest absolute Gasteiger partial charge is 0.383 e. The van der Waals surface area contributed by atoms with Crippen molar-refractivity contribution in [2.24, 2.45) is 0 Å². The van der Waals surface area contributed by atoms with E-state index in [-0.39, 0.29) is 0 Å². The van der Waals surface area contributed by atoms with Crippen molar-refractivity contribution >= 4 is 5.69 Å². The lowest BCUT2D eigenvalue weighted by Crippen LogP contribution is -2.15. The predicted molar refractivity (Wildman–Crippen MR) is 85.7 cm³/mol. The van der Waals surface area contributed by atoms with Crippen molar-refractivity contribution in [2.45, 2.75) is 58.5 Å². The normalized spacial score (nSPS) is 12.7. The van der Waals surface area contributed by atoms with Gasteiger partial charge >= 0.3 is 0 Å². The third-order valence-corrected chi connectivity index (χ3v) is 3.36. The summed E-state index contributed by atoms with van der Waals surface area (Å²) in [6.45, 7) is 5.55. The second kappa shape index (κ2) is 8.98. The fraction of sp³-hybridized carbons (Fsp3) is 0.647. The molecule has 19 heavy (non-hydrogen) atoms. The van der Waals surface area contributed by atoms with Crippen molar-refractivity contribution in [3.63, 3.8) is 0 Å². The zero-order valence-electron chi connectivity index (χ0n) is 13.1. The molecule has 1 N–H and O–H groups in total. The zero-order chi connectivity index (χ0) is 14.1. The maximum absolute atomic E-state index is 3.59. The molecule has 0 aliphatic carbocycles. The first-order chi connectivity index (χ1) is 9.11. The van der Waals surface area contributed by atoms with Crippen LogP contribution in [0.2, 0.25) is 0 Å². The van der Waals surface area contributed by atoms with Crippen LogP contribution in [0, 0.1) is 0 Å². The highest BCUT2D eigenvalue weighted by Gasteiger charge is 2.02. The molecular formula is C17H30N2. The van der Waals surface area contributed by atoms with Gasteiger partial charge in [0.25, 0.3) is 0 Å². The summed E-state index contributed by atoms with van der Waals surface area (Å²) < 4.78 is 0. The van der Waals surface area contributed by atoms with E-state index < -0.39 is 0 Å². The van der Waals surface area contributed by atoms with Crippen LogP contribution >= 0.6 is 0 Å². The van der Waals surface area contributed by atoms with Crippen LogP contribution in [0.1, 0.15) is 51.5 Å². The van der Waals surface area contributed by atoms with Crippen LogP contribution in [0.3, 0.4) is 0 Å². The molecule has 0 amide bonds. The summed E-state index contributed by atoms with van der Waals surface area (Å²) in [4.78, 5) is 2.19. The minimum Gasteiger partial charge on any atom is -0.383 e. The summed E-state index contributed by atoms with van der Waals surface area (Å²) in [6, 6.07) is 9.39. The van der Waals surface area contributed by atoms with Gasteiger partial charge in [-0.2, -0.15) is 0 Å². The van der Waals surface area contributed by atoms with Gasteiger partial charge in [-0.1, -0.05) is 44.7 Å². The Bertz CT molecular complexity index is 330. The molecule has 0 aliphatic heterocycles. The molecule has 0 saturated carbocycles. The van der Waals surface area contributed by atoms with E-state index in [0.29, 0.717) is 6.04 Å². The van der Waals surface area contributed by atoms with Crippen molar-refractivity contribution in [3.05, 3.63) is 29.8 Å². The first-order valence-electron chi connectivity index (χ1n) is 7.62. The molecule has 0 saturated heterocycles. The Kier molecular flexibility index (Phi) is 7.57. The van der Waals surface area contributed by atoms with Gasteiger partial charge in [0, 0.05) is 18.3 Å². The molecule has 1 aromatic rings. The monoisotopic (exact) mass is 262 g/mol.